The van der Waals surface area contributed by atoms with Gasteiger partial charge in [0.2, 0.25) is 0 Å². The third kappa shape index (κ3) is 4.01. The van der Waals surface area contributed by atoms with Crippen LogP contribution in [0.25, 0.3) is 0 Å². The zero-order valence-electron chi connectivity index (χ0n) is 14.5. The number of methoxy groups -OCH3 is 2. The Hall–Kier alpha value is -2.20. The van der Waals surface area contributed by atoms with Crippen molar-refractivity contribution < 1.29 is 9.47 Å². The molecule has 0 saturated carbocycles. The lowest BCUT2D eigenvalue weighted by Crippen LogP contribution is -2.36. The number of aryl methyl sites for hydroxylation is 1. The number of benzene rings is 2. The first-order valence-corrected chi connectivity index (χ1v) is 8.56. The highest BCUT2D eigenvalue weighted by atomic mass is 16.5. The van der Waals surface area contributed by atoms with Crippen molar-refractivity contribution in [3.05, 3.63) is 53.6 Å². The normalized spacial score (nSPS) is 16.2. The molecule has 24 heavy (non-hydrogen) atoms. The van der Waals surface area contributed by atoms with Gasteiger partial charge in [0.05, 0.1) is 14.2 Å². The van der Waals surface area contributed by atoms with Crippen LogP contribution in [0.4, 0.5) is 5.69 Å². The predicted molar refractivity (Wildman–Crippen MR) is 98.3 cm³/mol. The zero-order valence-corrected chi connectivity index (χ0v) is 14.5. The summed E-state index contributed by atoms with van der Waals surface area (Å²) in [5.74, 6) is 1.57. The van der Waals surface area contributed by atoms with E-state index < -0.39 is 0 Å². The van der Waals surface area contributed by atoms with Crippen LogP contribution < -0.4 is 20.1 Å². The number of hydrogen-bond acceptors (Lipinski definition) is 4. The van der Waals surface area contributed by atoms with E-state index in [4.69, 9.17) is 9.47 Å². The van der Waals surface area contributed by atoms with Crippen LogP contribution in [-0.2, 0) is 12.8 Å². The van der Waals surface area contributed by atoms with Crippen LogP contribution in [-0.4, -0.2) is 33.4 Å². The molecule has 2 aromatic carbocycles. The molecule has 4 heteroatoms. The molecule has 1 aliphatic heterocycles. The largest absolute Gasteiger partial charge is 0.493 e. The Balaban J connectivity index is 1.45. The summed E-state index contributed by atoms with van der Waals surface area (Å²) >= 11 is 0. The summed E-state index contributed by atoms with van der Waals surface area (Å²) in [6, 6.07) is 15.2. The molecular weight excluding hydrogens is 300 g/mol. The predicted octanol–water partition coefficient (Wildman–Crippen LogP) is 3.26. The van der Waals surface area contributed by atoms with Crippen molar-refractivity contribution in [2.24, 2.45) is 0 Å². The van der Waals surface area contributed by atoms with Gasteiger partial charge in [-0.1, -0.05) is 24.3 Å². The molecule has 4 nitrogen and oxygen atoms in total. The molecule has 0 amide bonds. The molecule has 0 spiro atoms. The number of fused-ring (bicyclic) bond motifs is 1. The highest BCUT2D eigenvalue weighted by molar-refractivity contribution is 5.53. The van der Waals surface area contributed by atoms with Crippen molar-refractivity contribution in [1.82, 2.24) is 5.32 Å². The second kappa shape index (κ2) is 8.06. The smallest absolute Gasteiger partial charge is 0.160 e. The molecule has 2 N–H and O–H groups in total. The molecule has 128 valence electrons. The van der Waals surface area contributed by atoms with E-state index in [-0.39, 0.29) is 0 Å². The Morgan fingerprint density at radius 3 is 2.75 bits per heavy atom. The molecule has 0 aliphatic carbocycles. The minimum Gasteiger partial charge on any atom is -0.493 e. The molecule has 0 aromatic heterocycles. The number of nitrogens with one attached hydrogen (secondary N) is 2. The van der Waals surface area contributed by atoms with E-state index in [0.29, 0.717) is 6.04 Å². The summed E-state index contributed by atoms with van der Waals surface area (Å²) in [5, 5.41) is 7.20. The first-order chi connectivity index (χ1) is 11.8. The first kappa shape index (κ1) is 16.7. The lowest BCUT2D eigenvalue weighted by molar-refractivity contribution is 0.354. The van der Waals surface area contributed by atoms with Crippen LogP contribution in [0, 0.1) is 0 Å². The van der Waals surface area contributed by atoms with Gasteiger partial charge >= 0.3 is 0 Å². The van der Waals surface area contributed by atoms with Crippen molar-refractivity contribution in [1.29, 1.82) is 0 Å². The van der Waals surface area contributed by atoms with E-state index in [1.165, 1.54) is 23.2 Å². The van der Waals surface area contributed by atoms with Gasteiger partial charge in [-0.3, -0.25) is 0 Å². The van der Waals surface area contributed by atoms with Gasteiger partial charge in [0.1, 0.15) is 0 Å². The van der Waals surface area contributed by atoms with Gasteiger partial charge in [-0.25, -0.2) is 0 Å². The van der Waals surface area contributed by atoms with Crippen LogP contribution in [0.2, 0.25) is 0 Å². The van der Waals surface area contributed by atoms with Crippen LogP contribution >= 0.6 is 0 Å². The van der Waals surface area contributed by atoms with Crippen LogP contribution in [0.1, 0.15) is 17.5 Å². The summed E-state index contributed by atoms with van der Waals surface area (Å²) in [4.78, 5) is 0. The van der Waals surface area contributed by atoms with Gasteiger partial charge in [0.25, 0.3) is 0 Å². The Morgan fingerprint density at radius 1 is 1.08 bits per heavy atom. The molecule has 2 aromatic rings. The molecule has 1 aliphatic rings. The SMILES string of the molecule is COc1ccc(CCNCC2CCc3ccccc3N2)cc1OC. The molecule has 0 saturated heterocycles. The molecule has 1 unspecified atom stereocenters. The first-order valence-electron chi connectivity index (χ1n) is 8.56. The Labute approximate surface area is 144 Å². The highest BCUT2D eigenvalue weighted by Gasteiger charge is 2.16. The summed E-state index contributed by atoms with van der Waals surface area (Å²) in [5.41, 5.74) is 3.97. The van der Waals surface area contributed by atoms with E-state index in [0.717, 1.165) is 37.4 Å². The van der Waals surface area contributed by atoms with E-state index in [9.17, 15) is 0 Å². The van der Waals surface area contributed by atoms with Gasteiger partial charge in [-0.15, -0.1) is 0 Å². The van der Waals surface area contributed by atoms with Crippen molar-refractivity contribution in [2.75, 3.05) is 32.6 Å². The van der Waals surface area contributed by atoms with Crippen molar-refractivity contribution in [2.45, 2.75) is 25.3 Å². The minimum atomic E-state index is 0.505. The number of rotatable bonds is 7. The van der Waals surface area contributed by atoms with Crippen LogP contribution in [0.5, 0.6) is 11.5 Å². The molecule has 1 atom stereocenters. The number of anilines is 1. The zero-order chi connectivity index (χ0) is 16.8. The number of hydrogen-bond donors (Lipinski definition) is 2. The fourth-order valence-electron chi connectivity index (χ4n) is 3.20. The van der Waals surface area contributed by atoms with Gasteiger partial charge in [0, 0.05) is 18.3 Å². The van der Waals surface area contributed by atoms with E-state index in [1.807, 2.05) is 6.07 Å². The topological polar surface area (TPSA) is 42.5 Å². The molecule has 1 heterocycles. The van der Waals surface area contributed by atoms with Crippen LogP contribution in [0.15, 0.2) is 42.5 Å². The maximum absolute atomic E-state index is 5.36. The van der Waals surface area contributed by atoms with E-state index in [2.05, 4.69) is 47.0 Å². The maximum atomic E-state index is 5.36. The quantitative estimate of drug-likeness (QED) is 0.767. The van der Waals surface area contributed by atoms with Crippen molar-refractivity contribution in [3.8, 4) is 11.5 Å². The van der Waals surface area contributed by atoms with Crippen molar-refractivity contribution in [3.63, 3.8) is 0 Å². The third-order valence-electron chi connectivity index (χ3n) is 4.57. The fraction of sp³-hybridized carbons (Fsp3) is 0.400. The van der Waals surface area contributed by atoms with E-state index in [1.54, 1.807) is 14.2 Å². The molecule has 0 bridgehead atoms. The standard InChI is InChI=1S/C20H26N2O2/c1-23-19-10-7-15(13-20(19)24-2)11-12-21-14-17-9-8-16-5-3-4-6-18(16)22-17/h3-7,10,13,17,21-22H,8-9,11-12,14H2,1-2H3. The van der Waals surface area contributed by atoms with E-state index >= 15 is 0 Å². The summed E-state index contributed by atoms with van der Waals surface area (Å²) in [7, 11) is 3.33. The Kier molecular flexibility index (Phi) is 5.59. The number of para-hydroxylation sites is 1. The van der Waals surface area contributed by atoms with Gasteiger partial charge in [0.15, 0.2) is 11.5 Å². The molecular formula is C20H26N2O2. The summed E-state index contributed by atoms with van der Waals surface area (Å²) < 4.78 is 10.6. The van der Waals surface area contributed by atoms with Crippen molar-refractivity contribution >= 4 is 5.69 Å². The fourth-order valence-corrected chi connectivity index (χ4v) is 3.20. The molecule has 0 radical (unpaired) electrons. The lowest BCUT2D eigenvalue weighted by atomic mass is 9.98. The lowest BCUT2D eigenvalue weighted by Gasteiger charge is -2.27. The Morgan fingerprint density at radius 2 is 1.92 bits per heavy atom. The summed E-state index contributed by atoms with van der Waals surface area (Å²) in [6.45, 7) is 1.94. The third-order valence-corrected chi connectivity index (χ3v) is 4.57. The van der Waals surface area contributed by atoms with Gasteiger partial charge in [-0.2, -0.15) is 0 Å². The minimum absolute atomic E-state index is 0.505. The molecule has 0 fully saturated rings. The average molecular weight is 326 g/mol. The summed E-state index contributed by atoms with van der Waals surface area (Å²) in [6.07, 6.45) is 3.31. The van der Waals surface area contributed by atoms with Crippen LogP contribution in [0.3, 0.4) is 0 Å². The average Bonchev–Trinajstić information content (AvgIpc) is 2.65. The second-order valence-electron chi connectivity index (χ2n) is 6.18. The van der Waals surface area contributed by atoms with Gasteiger partial charge in [-0.05, 0) is 55.1 Å². The highest BCUT2D eigenvalue weighted by Crippen LogP contribution is 2.27. The van der Waals surface area contributed by atoms with Gasteiger partial charge < -0.3 is 20.1 Å². The maximum Gasteiger partial charge on any atom is 0.160 e. The number of ether oxygens (including phenoxy) is 2. The monoisotopic (exact) mass is 326 g/mol. The molecule has 3 rings (SSSR count). The Bertz CT molecular complexity index is 672. The second-order valence-corrected chi connectivity index (χ2v) is 6.18.